The Balaban J connectivity index is 2.50. The van der Waals surface area contributed by atoms with Gasteiger partial charge in [0.1, 0.15) is 5.76 Å². The van der Waals surface area contributed by atoms with E-state index in [-0.39, 0.29) is 11.7 Å². The highest BCUT2D eigenvalue weighted by Gasteiger charge is 2.25. The van der Waals surface area contributed by atoms with Crippen LogP contribution in [0.4, 0.5) is 0 Å². The first-order valence-electron chi connectivity index (χ1n) is 3.75. The van der Waals surface area contributed by atoms with Gasteiger partial charge in [-0.15, -0.1) is 11.6 Å². The van der Waals surface area contributed by atoms with Gasteiger partial charge in [0.25, 0.3) is 0 Å². The summed E-state index contributed by atoms with van der Waals surface area (Å²) in [5.41, 5.74) is 0. The van der Waals surface area contributed by atoms with Gasteiger partial charge in [0.2, 0.25) is 5.78 Å². The summed E-state index contributed by atoms with van der Waals surface area (Å²) in [5.74, 6) is 0.907. The molecule has 0 bridgehead atoms. The van der Waals surface area contributed by atoms with Crippen LogP contribution in [0.15, 0.2) is 11.8 Å². The monoisotopic (exact) mass is 189 g/mol. The topological polar surface area (TPSA) is 29.5 Å². The number of carbonyl (C=O) groups is 1. The van der Waals surface area contributed by atoms with Crippen molar-refractivity contribution < 1.29 is 9.53 Å². The predicted octanol–water partition coefficient (Wildman–Crippen LogP) is 0.639. The van der Waals surface area contributed by atoms with E-state index < -0.39 is 6.10 Å². The summed E-state index contributed by atoms with van der Waals surface area (Å²) in [4.78, 5) is 13.0. The van der Waals surface area contributed by atoms with Gasteiger partial charge in [0, 0.05) is 6.08 Å². The second-order valence-corrected chi connectivity index (χ2v) is 3.32. The fraction of sp³-hybridized carbons (Fsp3) is 0.625. The lowest BCUT2D eigenvalue weighted by Gasteiger charge is -2.12. The molecule has 0 spiro atoms. The SMILES string of the molecule is CN(C)CC1=CC(=O)C(CCl)O1. The Bertz CT molecular complexity index is 213. The standard InChI is InChI=1S/C8H12ClNO2/c1-10(2)5-6-3-7(11)8(4-9)12-6/h3,8H,4-5H2,1-2H3. The number of carbonyl (C=O) groups excluding carboxylic acids is 1. The van der Waals surface area contributed by atoms with Crippen LogP contribution in [-0.4, -0.2) is 43.3 Å². The average molecular weight is 190 g/mol. The number of likely N-dealkylation sites (N-methyl/N-ethyl adjacent to an activating group) is 1. The Labute approximate surface area is 76.9 Å². The number of nitrogens with zero attached hydrogens (tertiary/aromatic N) is 1. The van der Waals surface area contributed by atoms with Gasteiger partial charge in [-0.25, -0.2) is 0 Å². The van der Waals surface area contributed by atoms with Crippen molar-refractivity contribution in [3.05, 3.63) is 11.8 Å². The van der Waals surface area contributed by atoms with E-state index in [1.54, 1.807) is 0 Å². The van der Waals surface area contributed by atoms with Crippen LogP contribution in [0, 0.1) is 0 Å². The van der Waals surface area contributed by atoms with E-state index in [1.165, 1.54) is 6.08 Å². The number of ketones is 1. The molecule has 0 saturated carbocycles. The van der Waals surface area contributed by atoms with Gasteiger partial charge in [-0.05, 0) is 14.1 Å². The van der Waals surface area contributed by atoms with Crippen molar-refractivity contribution in [2.45, 2.75) is 6.10 Å². The molecule has 1 rings (SSSR count). The first-order valence-corrected chi connectivity index (χ1v) is 4.28. The molecule has 0 saturated heterocycles. The minimum absolute atomic E-state index is 0.0261. The first-order chi connectivity index (χ1) is 5.63. The van der Waals surface area contributed by atoms with Crippen molar-refractivity contribution >= 4 is 17.4 Å². The number of ether oxygens (including phenoxy) is 1. The van der Waals surface area contributed by atoms with Crippen LogP contribution < -0.4 is 0 Å². The van der Waals surface area contributed by atoms with E-state index in [1.807, 2.05) is 19.0 Å². The Kier molecular flexibility index (Phi) is 3.12. The molecule has 12 heavy (non-hydrogen) atoms. The van der Waals surface area contributed by atoms with E-state index in [0.717, 1.165) is 0 Å². The zero-order chi connectivity index (χ0) is 9.14. The van der Waals surface area contributed by atoms with Crippen LogP contribution in [0.3, 0.4) is 0 Å². The lowest BCUT2D eigenvalue weighted by molar-refractivity contribution is -0.119. The molecule has 3 nitrogen and oxygen atoms in total. The van der Waals surface area contributed by atoms with E-state index in [4.69, 9.17) is 16.3 Å². The Morgan fingerprint density at radius 3 is 2.75 bits per heavy atom. The van der Waals surface area contributed by atoms with Crippen LogP contribution in [0.5, 0.6) is 0 Å². The molecule has 1 heterocycles. The third-order valence-electron chi connectivity index (χ3n) is 1.53. The normalized spacial score (nSPS) is 22.8. The molecule has 0 radical (unpaired) electrons. The van der Waals surface area contributed by atoms with E-state index >= 15 is 0 Å². The van der Waals surface area contributed by atoms with Crippen LogP contribution in [0.1, 0.15) is 0 Å². The summed E-state index contributed by atoms with van der Waals surface area (Å²) in [5, 5.41) is 0. The largest absolute Gasteiger partial charge is 0.484 e. The molecule has 1 atom stereocenters. The average Bonchev–Trinajstić information content (AvgIpc) is 2.29. The minimum Gasteiger partial charge on any atom is -0.484 e. The Morgan fingerprint density at radius 1 is 1.67 bits per heavy atom. The molecule has 0 N–H and O–H groups in total. The van der Waals surface area contributed by atoms with Gasteiger partial charge >= 0.3 is 0 Å². The highest BCUT2D eigenvalue weighted by molar-refractivity contribution is 6.20. The molecule has 4 heteroatoms. The number of rotatable bonds is 3. The van der Waals surface area contributed by atoms with E-state index in [0.29, 0.717) is 12.3 Å². The van der Waals surface area contributed by atoms with Gasteiger partial charge in [0.05, 0.1) is 12.4 Å². The first kappa shape index (κ1) is 9.55. The molecule has 0 aliphatic carbocycles. The number of hydrogen-bond donors (Lipinski definition) is 0. The second kappa shape index (κ2) is 3.92. The summed E-state index contributed by atoms with van der Waals surface area (Å²) in [6.45, 7) is 0.652. The molecule has 1 unspecified atom stereocenters. The summed E-state index contributed by atoms with van der Waals surface area (Å²) in [6.07, 6.45) is 1.06. The van der Waals surface area contributed by atoms with Gasteiger partial charge in [-0.1, -0.05) is 0 Å². The molecule has 1 aliphatic rings. The van der Waals surface area contributed by atoms with Gasteiger partial charge in [-0.2, -0.15) is 0 Å². The van der Waals surface area contributed by atoms with Crippen LogP contribution in [0.25, 0.3) is 0 Å². The summed E-state index contributed by atoms with van der Waals surface area (Å²) >= 11 is 5.51. The molecule has 0 aromatic heterocycles. The molecule has 0 aromatic rings. The summed E-state index contributed by atoms with van der Waals surface area (Å²) < 4.78 is 5.27. The smallest absolute Gasteiger partial charge is 0.200 e. The Hall–Kier alpha value is -0.540. The van der Waals surface area contributed by atoms with Crippen molar-refractivity contribution in [2.24, 2.45) is 0 Å². The van der Waals surface area contributed by atoms with Crippen LogP contribution >= 0.6 is 11.6 Å². The zero-order valence-corrected chi connectivity index (χ0v) is 7.97. The van der Waals surface area contributed by atoms with Crippen molar-refractivity contribution in [2.75, 3.05) is 26.5 Å². The molecule has 0 amide bonds. The summed E-state index contributed by atoms with van der Waals surface area (Å²) in [6, 6.07) is 0. The predicted molar refractivity (Wildman–Crippen MR) is 47.2 cm³/mol. The molecule has 0 fully saturated rings. The highest BCUT2D eigenvalue weighted by Crippen LogP contribution is 2.15. The molecule has 1 aliphatic heterocycles. The zero-order valence-electron chi connectivity index (χ0n) is 7.21. The third kappa shape index (κ3) is 2.22. The third-order valence-corrected chi connectivity index (χ3v) is 1.81. The number of halogens is 1. The van der Waals surface area contributed by atoms with Gasteiger partial charge in [0.15, 0.2) is 6.10 Å². The van der Waals surface area contributed by atoms with Crippen molar-refractivity contribution in [3.63, 3.8) is 0 Å². The van der Waals surface area contributed by atoms with Gasteiger partial charge < -0.3 is 9.64 Å². The Morgan fingerprint density at radius 2 is 2.33 bits per heavy atom. The fourth-order valence-electron chi connectivity index (χ4n) is 1.03. The quantitative estimate of drug-likeness (QED) is 0.611. The van der Waals surface area contributed by atoms with E-state index in [2.05, 4.69) is 0 Å². The fourth-order valence-corrected chi connectivity index (χ4v) is 1.24. The lowest BCUT2D eigenvalue weighted by Crippen LogP contribution is -2.20. The second-order valence-electron chi connectivity index (χ2n) is 3.01. The van der Waals surface area contributed by atoms with Gasteiger partial charge in [-0.3, -0.25) is 4.79 Å². The molecule has 0 aromatic carbocycles. The maximum atomic E-state index is 11.1. The molecule has 68 valence electrons. The van der Waals surface area contributed by atoms with Crippen LogP contribution in [-0.2, 0) is 9.53 Å². The van der Waals surface area contributed by atoms with E-state index in [9.17, 15) is 4.79 Å². The maximum Gasteiger partial charge on any atom is 0.200 e. The van der Waals surface area contributed by atoms with Crippen molar-refractivity contribution in [1.29, 1.82) is 0 Å². The van der Waals surface area contributed by atoms with Crippen LogP contribution in [0.2, 0.25) is 0 Å². The molecular weight excluding hydrogens is 178 g/mol. The van der Waals surface area contributed by atoms with Crippen molar-refractivity contribution in [3.8, 4) is 0 Å². The number of alkyl halides is 1. The lowest BCUT2D eigenvalue weighted by atomic mass is 10.3. The molecular formula is C8H12ClNO2. The summed E-state index contributed by atoms with van der Waals surface area (Å²) in [7, 11) is 3.84. The number of hydrogen-bond acceptors (Lipinski definition) is 3. The maximum absolute atomic E-state index is 11.1. The minimum atomic E-state index is -0.457. The van der Waals surface area contributed by atoms with Crippen molar-refractivity contribution in [1.82, 2.24) is 4.90 Å². The highest BCUT2D eigenvalue weighted by atomic mass is 35.5.